The van der Waals surface area contributed by atoms with E-state index in [1.807, 2.05) is 30.3 Å². The van der Waals surface area contributed by atoms with Gasteiger partial charge >= 0.3 is 5.97 Å². The van der Waals surface area contributed by atoms with Gasteiger partial charge in [-0.1, -0.05) is 30.3 Å². The Balaban J connectivity index is 0.00000312. The second kappa shape index (κ2) is 12.6. The summed E-state index contributed by atoms with van der Waals surface area (Å²) >= 11 is 0. The first-order valence-corrected chi connectivity index (χ1v) is 7.39. The maximum Gasteiger partial charge on any atom is 0.328 e. The van der Waals surface area contributed by atoms with Crippen LogP contribution in [0.2, 0.25) is 0 Å². The number of aromatic nitrogens is 2. The monoisotopic (exact) mass is 492 g/mol. The largest absolute Gasteiger partial charge is 0.467 e. The number of amides is 1. The van der Waals surface area contributed by atoms with Crippen molar-refractivity contribution in [2.45, 2.75) is 25.0 Å². The lowest BCUT2D eigenvalue weighted by atomic mass is 10.1. The van der Waals surface area contributed by atoms with Crippen molar-refractivity contribution in [3.8, 4) is 0 Å². The van der Waals surface area contributed by atoms with E-state index in [0.717, 1.165) is 5.56 Å². The summed E-state index contributed by atoms with van der Waals surface area (Å²) in [6, 6.07) is 8.45. The van der Waals surface area contributed by atoms with Crippen LogP contribution < -0.4 is 11.2 Å². The van der Waals surface area contributed by atoms with E-state index >= 15 is 0 Å². The van der Waals surface area contributed by atoms with Crippen molar-refractivity contribution in [1.29, 1.82) is 0 Å². The number of halogens is 2. The number of rotatable bonds is 8. The van der Waals surface area contributed by atoms with Crippen LogP contribution in [-0.4, -0.2) is 41.1 Å². The molecule has 0 bridgehead atoms. The number of methoxy groups -OCH3 is 1. The zero-order valence-corrected chi connectivity index (χ0v) is 17.5. The highest BCUT2D eigenvalue weighted by Gasteiger charge is 2.27. The first kappa shape index (κ1) is 24.2. The van der Waals surface area contributed by atoms with Crippen molar-refractivity contribution < 1.29 is 19.2 Å². The number of benzene rings is 1. The highest BCUT2D eigenvalue weighted by atomic mass is 79.9. The van der Waals surface area contributed by atoms with E-state index in [2.05, 4.69) is 15.3 Å². The SMILES string of the molecule is Br.Br.COC(=O)[C@H](Cc1cnc[nH]1)NC(=O)C(Cc1ccccc1)ON. The molecule has 1 aromatic heterocycles. The highest BCUT2D eigenvalue weighted by Crippen LogP contribution is 2.07. The van der Waals surface area contributed by atoms with Gasteiger partial charge in [0.15, 0.2) is 6.10 Å². The van der Waals surface area contributed by atoms with Gasteiger partial charge in [-0.05, 0) is 5.56 Å². The van der Waals surface area contributed by atoms with Crippen LogP contribution in [0.5, 0.6) is 0 Å². The lowest BCUT2D eigenvalue weighted by Gasteiger charge is -2.20. The lowest BCUT2D eigenvalue weighted by Crippen LogP contribution is -2.49. The molecule has 0 aliphatic heterocycles. The van der Waals surface area contributed by atoms with Gasteiger partial charge < -0.3 is 15.0 Å². The van der Waals surface area contributed by atoms with Crippen molar-refractivity contribution in [3.05, 3.63) is 54.1 Å². The van der Waals surface area contributed by atoms with Crippen LogP contribution >= 0.6 is 34.0 Å². The van der Waals surface area contributed by atoms with E-state index < -0.39 is 24.0 Å². The molecule has 8 nitrogen and oxygen atoms in total. The number of nitrogens with two attached hydrogens (primary N) is 1. The number of carbonyl (C=O) groups excluding carboxylic acids is 2. The lowest BCUT2D eigenvalue weighted by molar-refractivity contribution is -0.147. The third kappa shape index (κ3) is 7.24. The van der Waals surface area contributed by atoms with Gasteiger partial charge in [-0.15, -0.1) is 34.0 Å². The van der Waals surface area contributed by atoms with Crippen LogP contribution in [0.1, 0.15) is 11.3 Å². The molecule has 0 radical (unpaired) electrons. The van der Waals surface area contributed by atoms with Crippen LogP contribution in [0, 0.1) is 0 Å². The quantitative estimate of drug-likeness (QED) is 0.376. The molecule has 0 aliphatic carbocycles. The van der Waals surface area contributed by atoms with Gasteiger partial charge in [0.1, 0.15) is 6.04 Å². The number of H-pyrrole nitrogens is 1. The summed E-state index contributed by atoms with van der Waals surface area (Å²) < 4.78 is 4.73. The predicted molar refractivity (Wildman–Crippen MR) is 106 cm³/mol. The Kier molecular flexibility index (Phi) is 11.7. The third-order valence-electron chi connectivity index (χ3n) is 3.50. The van der Waals surface area contributed by atoms with Gasteiger partial charge in [0, 0.05) is 24.7 Å². The van der Waals surface area contributed by atoms with Crippen molar-refractivity contribution in [2.75, 3.05) is 7.11 Å². The third-order valence-corrected chi connectivity index (χ3v) is 3.50. The summed E-state index contributed by atoms with van der Waals surface area (Å²) in [6.07, 6.45) is 2.67. The first-order chi connectivity index (χ1) is 11.6. The number of ether oxygens (including phenoxy) is 1. The average molecular weight is 494 g/mol. The second-order valence-electron chi connectivity index (χ2n) is 5.18. The Morgan fingerprint density at radius 3 is 2.46 bits per heavy atom. The van der Waals surface area contributed by atoms with Gasteiger partial charge in [0.2, 0.25) is 0 Å². The van der Waals surface area contributed by atoms with Gasteiger partial charge in [-0.3, -0.25) is 9.63 Å². The Morgan fingerprint density at radius 2 is 1.92 bits per heavy atom. The molecule has 4 N–H and O–H groups in total. The number of imidazole rings is 1. The summed E-state index contributed by atoms with van der Waals surface area (Å²) in [5.41, 5.74) is 1.59. The molecule has 0 saturated carbocycles. The average Bonchev–Trinajstić information content (AvgIpc) is 3.12. The van der Waals surface area contributed by atoms with Crippen molar-refractivity contribution in [3.63, 3.8) is 0 Å². The molecular formula is C16H22Br2N4O4. The van der Waals surface area contributed by atoms with Gasteiger partial charge in [-0.25, -0.2) is 15.7 Å². The Morgan fingerprint density at radius 1 is 1.23 bits per heavy atom. The Labute approximate surface area is 172 Å². The molecular weight excluding hydrogens is 472 g/mol. The number of carbonyl (C=O) groups is 2. The number of nitrogens with zero attached hydrogens (tertiary/aromatic N) is 1. The molecule has 2 atom stereocenters. The van der Waals surface area contributed by atoms with Crippen molar-refractivity contribution in [2.24, 2.45) is 5.90 Å². The summed E-state index contributed by atoms with van der Waals surface area (Å²) in [5, 5.41) is 2.61. The van der Waals surface area contributed by atoms with Gasteiger partial charge in [0.25, 0.3) is 5.91 Å². The topological polar surface area (TPSA) is 119 Å². The van der Waals surface area contributed by atoms with E-state index in [1.165, 1.54) is 13.4 Å². The fourth-order valence-corrected chi connectivity index (χ4v) is 2.25. The minimum Gasteiger partial charge on any atom is -0.467 e. The van der Waals surface area contributed by atoms with E-state index in [0.29, 0.717) is 12.1 Å². The molecule has 144 valence electrons. The summed E-state index contributed by atoms with van der Waals surface area (Å²) in [6.45, 7) is 0. The first-order valence-electron chi connectivity index (χ1n) is 7.39. The Bertz CT molecular complexity index is 656. The highest BCUT2D eigenvalue weighted by molar-refractivity contribution is 8.93. The molecule has 0 saturated heterocycles. The standard InChI is InChI=1S/C16H20N4O4.2BrH/c1-23-16(22)13(8-12-9-18-10-19-12)20-15(21)14(24-17)7-11-5-3-2-4-6-11;;/h2-6,9-10,13-14H,7-8,17H2,1H3,(H,18,19)(H,20,21);2*1H/t13-,14?;;/m0../s1. The summed E-state index contributed by atoms with van der Waals surface area (Å²) in [4.78, 5) is 35.8. The molecule has 1 unspecified atom stereocenters. The van der Waals surface area contributed by atoms with Gasteiger partial charge in [-0.2, -0.15) is 0 Å². The Hall–Kier alpha value is -1.75. The minimum atomic E-state index is -0.915. The second-order valence-corrected chi connectivity index (χ2v) is 5.18. The molecule has 0 fully saturated rings. The number of esters is 1. The van der Waals surface area contributed by atoms with Crippen LogP contribution in [0.4, 0.5) is 0 Å². The molecule has 0 aliphatic rings. The number of hydrogen-bond acceptors (Lipinski definition) is 6. The molecule has 2 rings (SSSR count). The van der Waals surface area contributed by atoms with Crippen LogP contribution in [0.15, 0.2) is 42.9 Å². The number of aromatic amines is 1. The molecule has 2 aromatic rings. The van der Waals surface area contributed by atoms with Crippen molar-refractivity contribution >= 4 is 45.8 Å². The normalized spacial score (nSPS) is 12.1. The molecule has 1 aromatic carbocycles. The fourth-order valence-electron chi connectivity index (χ4n) is 2.25. The summed E-state index contributed by atoms with van der Waals surface area (Å²) in [5.74, 6) is 4.20. The van der Waals surface area contributed by atoms with Gasteiger partial charge in [0.05, 0.1) is 13.4 Å². The molecule has 10 heteroatoms. The van der Waals surface area contributed by atoms with Crippen LogP contribution in [0.3, 0.4) is 0 Å². The molecule has 0 spiro atoms. The maximum absolute atomic E-state index is 12.4. The van der Waals surface area contributed by atoms with E-state index in [4.69, 9.17) is 15.5 Å². The van der Waals surface area contributed by atoms with Crippen LogP contribution in [-0.2, 0) is 32.0 Å². The number of hydrogen-bond donors (Lipinski definition) is 3. The van der Waals surface area contributed by atoms with E-state index in [9.17, 15) is 9.59 Å². The van der Waals surface area contributed by atoms with Crippen LogP contribution in [0.25, 0.3) is 0 Å². The van der Waals surface area contributed by atoms with E-state index in [1.54, 1.807) is 6.20 Å². The predicted octanol–water partition coefficient (Wildman–Crippen LogP) is 1.27. The van der Waals surface area contributed by atoms with Crippen molar-refractivity contribution in [1.82, 2.24) is 15.3 Å². The fraction of sp³-hybridized carbons (Fsp3) is 0.312. The zero-order valence-electron chi connectivity index (χ0n) is 14.1. The molecule has 1 amide bonds. The zero-order chi connectivity index (χ0) is 17.4. The minimum absolute atomic E-state index is 0. The number of nitrogens with one attached hydrogen (secondary N) is 2. The smallest absolute Gasteiger partial charge is 0.328 e. The molecule has 1 heterocycles. The maximum atomic E-state index is 12.4. The summed E-state index contributed by atoms with van der Waals surface area (Å²) in [7, 11) is 1.26. The van der Waals surface area contributed by atoms with E-state index in [-0.39, 0.29) is 40.4 Å². The molecule has 26 heavy (non-hydrogen) atoms.